The summed E-state index contributed by atoms with van der Waals surface area (Å²) in [4.78, 5) is 20.7. The first-order chi connectivity index (χ1) is 16.1. The second-order valence-corrected chi connectivity index (χ2v) is 8.34. The fourth-order valence-corrected chi connectivity index (χ4v) is 3.55. The first kappa shape index (κ1) is 24.4. The van der Waals surface area contributed by atoms with Crippen LogP contribution in [0.15, 0.2) is 60.9 Å². The van der Waals surface area contributed by atoms with Crippen LogP contribution in [0.1, 0.15) is 58.4 Å². The van der Waals surface area contributed by atoms with E-state index in [0.717, 1.165) is 37.7 Å². The molecule has 5 heteroatoms. The molecular weight excluding hydrogens is 412 g/mol. The summed E-state index contributed by atoms with van der Waals surface area (Å²) >= 11 is 0. The van der Waals surface area contributed by atoms with E-state index in [1.807, 2.05) is 19.1 Å². The molecule has 0 aliphatic carbocycles. The number of carbonyl (C=O) groups excluding carboxylic acids is 1. The average molecular weight is 447 g/mol. The molecule has 0 unspecified atom stereocenters. The highest BCUT2D eigenvalue weighted by molar-refractivity contribution is 5.69. The molecule has 0 saturated carbocycles. The Kier molecular flexibility index (Phi) is 9.43. The van der Waals surface area contributed by atoms with E-state index < -0.39 is 0 Å². The van der Waals surface area contributed by atoms with Gasteiger partial charge in [0.2, 0.25) is 0 Å². The largest absolute Gasteiger partial charge is 0.486 e. The second kappa shape index (κ2) is 12.7. The van der Waals surface area contributed by atoms with Crippen LogP contribution in [0.5, 0.6) is 5.75 Å². The summed E-state index contributed by atoms with van der Waals surface area (Å²) in [5.74, 6) is 1.02. The van der Waals surface area contributed by atoms with Gasteiger partial charge in [0.25, 0.3) is 0 Å². The summed E-state index contributed by atoms with van der Waals surface area (Å²) in [7, 11) is 0. The Labute approximate surface area is 197 Å². The van der Waals surface area contributed by atoms with Gasteiger partial charge in [0, 0.05) is 12.0 Å². The highest BCUT2D eigenvalue weighted by Gasteiger charge is 2.11. The van der Waals surface area contributed by atoms with Crippen LogP contribution in [0.3, 0.4) is 0 Å². The number of aryl methyl sites for hydroxylation is 1. The predicted octanol–water partition coefficient (Wildman–Crippen LogP) is 6.65. The molecule has 0 amide bonds. The Morgan fingerprint density at radius 1 is 0.848 bits per heavy atom. The Balaban J connectivity index is 1.51. The van der Waals surface area contributed by atoms with Gasteiger partial charge in [0.15, 0.2) is 11.6 Å². The lowest BCUT2D eigenvalue weighted by Crippen LogP contribution is -2.22. The van der Waals surface area contributed by atoms with Crippen molar-refractivity contribution in [2.24, 2.45) is 0 Å². The van der Waals surface area contributed by atoms with Gasteiger partial charge in [0.1, 0.15) is 12.7 Å². The molecule has 2 aromatic carbocycles. The van der Waals surface area contributed by atoms with Gasteiger partial charge in [-0.15, -0.1) is 0 Å². The fourth-order valence-electron chi connectivity index (χ4n) is 3.55. The highest BCUT2D eigenvalue weighted by atomic mass is 16.6. The Bertz CT molecular complexity index is 983. The zero-order chi connectivity index (χ0) is 23.5. The lowest BCUT2D eigenvalue weighted by Gasteiger charge is -2.14. The zero-order valence-corrected chi connectivity index (χ0v) is 19.9. The van der Waals surface area contributed by atoms with Gasteiger partial charge in [-0.25, -0.2) is 9.97 Å². The number of carbonyl (C=O) groups is 1. The molecule has 3 rings (SSSR count). The summed E-state index contributed by atoms with van der Waals surface area (Å²) in [6.07, 6.45) is 8.70. The van der Waals surface area contributed by atoms with E-state index in [2.05, 4.69) is 60.2 Å². The van der Waals surface area contributed by atoms with Gasteiger partial charge >= 0.3 is 5.97 Å². The first-order valence-corrected chi connectivity index (χ1v) is 11.9. The molecule has 1 heterocycles. The summed E-state index contributed by atoms with van der Waals surface area (Å²) in [6, 6.07) is 17.0. The molecular formula is C28H34N2O3. The van der Waals surface area contributed by atoms with Crippen molar-refractivity contribution in [1.82, 2.24) is 9.97 Å². The Hall–Kier alpha value is -3.21. The lowest BCUT2D eigenvalue weighted by molar-refractivity contribution is -0.149. The number of hydrogen-bond acceptors (Lipinski definition) is 5. The monoisotopic (exact) mass is 446 g/mol. The number of unbranched alkanes of at least 4 members (excludes halogenated alkanes) is 2. The van der Waals surface area contributed by atoms with E-state index in [4.69, 9.17) is 9.47 Å². The van der Waals surface area contributed by atoms with Crippen LogP contribution in [0.2, 0.25) is 0 Å². The number of hydrogen-bond donors (Lipinski definition) is 0. The van der Waals surface area contributed by atoms with Crippen LogP contribution in [0.4, 0.5) is 0 Å². The number of benzene rings is 2. The summed E-state index contributed by atoms with van der Waals surface area (Å²) in [5, 5.41) is 0. The van der Waals surface area contributed by atoms with Gasteiger partial charge in [-0.2, -0.15) is 0 Å². The number of esters is 1. The molecule has 0 aliphatic rings. The molecule has 1 atom stereocenters. The number of nitrogens with zero attached hydrogens (tertiary/aromatic N) is 2. The van der Waals surface area contributed by atoms with Gasteiger partial charge in [-0.3, -0.25) is 4.79 Å². The third kappa shape index (κ3) is 7.70. The van der Waals surface area contributed by atoms with Gasteiger partial charge < -0.3 is 9.47 Å². The van der Waals surface area contributed by atoms with E-state index in [9.17, 15) is 4.79 Å². The molecule has 33 heavy (non-hydrogen) atoms. The van der Waals surface area contributed by atoms with Gasteiger partial charge in [-0.1, -0.05) is 81.6 Å². The van der Waals surface area contributed by atoms with E-state index in [-0.39, 0.29) is 18.7 Å². The number of ether oxygens (including phenoxy) is 2. The normalized spacial score (nSPS) is 11.7. The van der Waals surface area contributed by atoms with Gasteiger partial charge in [0.05, 0.1) is 12.4 Å². The third-order valence-corrected chi connectivity index (χ3v) is 5.40. The van der Waals surface area contributed by atoms with Crippen molar-refractivity contribution < 1.29 is 14.3 Å². The van der Waals surface area contributed by atoms with Crippen molar-refractivity contribution in [2.45, 2.75) is 65.4 Å². The van der Waals surface area contributed by atoms with Crippen molar-refractivity contribution in [2.75, 3.05) is 6.61 Å². The smallest absolute Gasteiger partial charge is 0.306 e. The van der Waals surface area contributed by atoms with Crippen LogP contribution in [-0.4, -0.2) is 28.6 Å². The van der Waals surface area contributed by atoms with Crippen LogP contribution >= 0.6 is 0 Å². The van der Waals surface area contributed by atoms with Crippen LogP contribution in [-0.2, 0) is 16.0 Å². The minimum Gasteiger partial charge on any atom is -0.486 e. The molecule has 174 valence electrons. The van der Waals surface area contributed by atoms with Crippen LogP contribution in [0, 0.1) is 0 Å². The van der Waals surface area contributed by atoms with Crippen molar-refractivity contribution >= 4 is 5.97 Å². The van der Waals surface area contributed by atoms with E-state index in [1.165, 1.54) is 16.7 Å². The molecule has 0 radical (unpaired) electrons. The van der Waals surface area contributed by atoms with Gasteiger partial charge in [-0.05, 0) is 36.5 Å². The molecule has 0 fully saturated rings. The molecule has 5 nitrogen and oxygen atoms in total. The van der Waals surface area contributed by atoms with Crippen LogP contribution in [0.25, 0.3) is 22.5 Å². The van der Waals surface area contributed by atoms with E-state index in [1.54, 1.807) is 12.4 Å². The molecule has 0 spiro atoms. The van der Waals surface area contributed by atoms with Crippen molar-refractivity contribution in [3.8, 4) is 28.3 Å². The number of rotatable bonds is 12. The SMILES string of the molecule is CCCCCC(=O)O[C@@H](C)COc1cnc(-c2ccc(-c3ccc(CCC)cc3)cc2)nc1. The average Bonchev–Trinajstić information content (AvgIpc) is 2.84. The van der Waals surface area contributed by atoms with Crippen molar-refractivity contribution in [3.63, 3.8) is 0 Å². The first-order valence-electron chi connectivity index (χ1n) is 11.9. The summed E-state index contributed by atoms with van der Waals surface area (Å²) in [6.45, 7) is 6.40. The minimum absolute atomic E-state index is 0.175. The van der Waals surface area contributed by atoms with E-state index >= 15 is 0 Å². The standard InChI is InChI=1S/C28H34N2O3/c1-4-6-7-9-27(31)33-21(3)20-32-26-18-29-28(30-19-26)25-16-14-24(15-17-25)23-12-10-22(8-5-2)11-13-23/h10-19,21H,4-9,20H2,1-3H3/t21-/m0/s1. The topological polar surface area (TPSA) is 61.3 Å². The quantitative estimate of drug-likeness (QED) is 0.230. The maximum atomic E-state index is 11.8. The van der Waals surface area contributed by atoms with Crippen molar-refractivity contribution in [3.05, 3.63) is 66.5 Å². The second-order valence-electron chi connectivity index (χ2n) is 8.34. The molecule has 0 aliphatic heterocycles. The Morgan fingerprint density at radius 2 is 1.45 bits per heavy atom. The Morgan fingerprint density at radius 3 is 2.06 bits per heavy atom. The minimum atomic E-state index is -0.317. The lowest BCUT2D eigenvalue weighted by atomic mass is 10.0. The summed E-state index contributed by atoms with van der Waals surface area (Å²) < 4.78 is 11.1. The maximum Gasteiger partial charge on any atom is 0.306 e. The third-order valence-electron chi connectivity index (χ3n) is 5.40. The molecule has 0 saturated heterocycles. The zero-order valence-electron chi connectivity index (χ0n) is 19.9. The molecule has 0 bridgehead atoms. The molecule has 1 aromatic heterocycles. The maximum absolute atomic E-state index is 11.8. The van der Waals surface area contributed by atoms with Crippen molar-refractivity contribution in [1.29, 1.82) is 0 Å². The highest BCUT2D eigenvalue weighted by Crippen LogP contribution is 2.24. The fraction of sp³-hybridized carbons (Fsp3) is 0.393. The number of aromatic nitrogens is 2. The predicted molar refractivity (Wildman–Crippen MR) is 132 cm³/mol. The summed E-state index contributed by atoms with van der Waals surface area (Å²) in [5.41, 5.74) is 4.68. The molecule has 3 aromatic rings. The molecule has 0 N–H and O–H groups in total. The van der Waals surface area contributed by atoms with Crippen LogP contribution < -0.4 is 4.74 Å². The van der Waals surface area contributed by atoms with E-state index in [0.29, 0.717) is 18.0 Å².